The summed E-state index contributed by atoms with van der Waals surface area (Å²) >= 11 is 0. The van der Waals surface area contributed by atoms with E-state index in [2.05, 4.69) is 0 Å². The van der Waals surface area contributed by atoms with Crippen molar-refractivity contribution >= 4 is 5.97 Å². The van der Waals surface area contributed by atoms with Crippen molar-refractivity contribution in [3.8, 4) is 5.75 Å². The number of carbonyl (C=O) groups is 1. The average molecular weight is 242 g/mol. The Hall–Kier alpha value is -1.62. The molecule has 0 saturated heterocycles. The third kappa shape index (κ3) is 3.42. The fourth-order valence-electron chi connectivity index (χ4n) is 1.56. The lowest BCUT2D eigenvalue weighted by Crippen LogP contribution is -2.03. The predicted octanol–water partition coefficient (Wildman–Crippen LogP) is 2.00. The van der Waals surface area contributed by atoms with Gasteiger partial charge in [0.15, 0.2) is 11.6 Å². The first-order chi connectivity index (χ1) is 8.10. The quantitative estimate of drug-likeness (QED) is 0.828. The standard InChI is InChI=1S/C12H15FO4/c1-16-7-9-4-3-8(5-6-10(14)15)12(17-2)11(9)13/h3-4H,5-7H2,1-2H3,(H,14,15). The summed E-state index contributed by atoms with van der Waals surface area (Å²) in [6.45, 7) is 0.154. The first-order valence-corrected chi connectivity index (χ1v) is 5.15. The molecule has 1 rings (SSSR count). The van der Waals surface area contributed by atoms with E-state index >= 15 is 0 Å². The van der Waals surface area contributed by atoms with Crippen molar-refractivity contribution in [2.24, 2.45) is 0 Å². The number of carboxylic acid groups (broad SMARTS) is 1. The number of hydrogen-bond donors (Lipinski definition) is 1. The molecule has 17 heavy (non-hydrogen) atoms. The highest BCUT2D eigenvalue weighted by atomic mass is 19.1. The van der Waals surface area contributed by atoms with Crippen LogP contribution < -0.4 is 4.74 Å². The van der Waals surface area contributed by atoms with Crippen LogP contribution in [0.15, 0.2) is 12.1 Å². The maximum Gasteiger partial charge on any atom is 0.303 e. The van der Waals surface area contributed by atoms with Gasteiger partial charge in [0.05, 0.1) is 13.7 Å². The first-order valence-electron chi connectivity index (χ1n) is 5.15. The summed E-state index contributed by atoms with van der Waals surface area (Å²) in [4.78, 5) is 10.5. The van der Waals surface area contributed by atoms with Crippen LogP contribution in [-0.2, 0) is 22.6 Å². The number of aliphatic carboxylic acids is 1. The Morgan fingerprint density at radius 2 is 2.00 bits per heavy atom. The minimum absolute atomic E-state index is 0.0561. The van der Waals surface area contributed by atoms with Gasteiger partial charge >= 0.3 is 5.97 Å². The van der Waals surface area contributed by atoms with E-state index < -0.39 is 11.8 Å². The van der Waals surface area contributed by atoms with E-state index in [4.69, 9.17) is 14.6 Å². The molecule has 0 atom stereocenters. The van der Waals surface area contributed by atoms with Gasteiger partial charge < -0.3 is 14.6 Å². The zero-order valence-corrected chi connectivity index (χ0v) is 9.83. The molecule has 94 valence electrons. The molecule has 4 nitrogen and oxygen atoms in total. The van der Waals surface area contributed by atoms with Gasteiger partial charge in [-0.05, 0) is 12.0 Å². The molecule has 0 radical (unpaired) electrons. The molecule has 0 aliphatic heterocycles. The van der Waals surface area contributed by atoms with Gasteiger partial charge in [0.2, 0.25) is 0 Å². The molecule has 0 heterocycles. The zero-order valence-electron chi connectivity index (χ0n) is 9.83. The highest BCUT2D eigenvalue weighted by Crippen LogP contribution is 2.27. The number of carboxylic acids is 1. The normalized spacial score (nSPS) is 10.3. The van der Waals surface area contributed by atoms with Crippen molar-refractivity contribution in [2.45, 2.75) is 19.4 Å². The Labute approximate surface area is 99.0 Å². The molecular formula is C12H15FO4. The number of ether oxygens (including phenoxy) is 2. The summed E-state index contributed by atoms with van der Waals surface area (Å²) in [5, 5.41) is 8.59. The molecule has 0 spiro atoms. The Kier molecular flexibility index (Phi) is 4.90. The van der Waals surface area contributed by atoms with Crippen molar-refractivity contribution in [1.29, 1.82) is 0 Å². The fraction of sp³-hybridized carbons (Fsp3) is 0.417. The fourth-order valence-corrected chi connectivity index (χ4v) is 1.56. The van der Waals surface area contributed by atoms with Crippen molar-refractivity contribution in [2.75, 3.05) is 14.2 Å². The van der Waals surface area contributed by atoms with E-state index in [1.807, 2.05) is 0 Å². The molecule has 0 aromatic heterocycles. The molecular weight excluding hydrogens is 227 g/mol. The van der Waals surface area contributed by atoms with Gasteiger partial charge in [-0.3, -0.25) is 4.79 Å². The molecule has 0 aliphatic carbocycles. The Morgan fingerprint density at radius 3 is 2.53 bits per heavy atom. The molecule has 1 aromatic rings. The highest BCUT2D eigenvalue weighted by Gasteiger charge is 2.14. The second-order valence-corrected chi connectivity index (χ2v) is 3.56. The number of aryl methyl sites for hydroxylation is 1. The van der Waals surface area contributed by atoms with Gasteiger partial charge in [0, 0.05) is 19.1 Å². The Morgan fingerprint density at radius 1 is 1.35 bits per heavy atom. The number of halogens is 1. The molecule has 1 N–H and O–H groups in total. The van der Waals surface area contributed by atoms with E-state index in [-0.39, 0.29) is 25.2 Å². The lowest BCUT2D eigenvalue weighted by atomic mass is 10.1. The first kappa shape index (κ1) is 13.4. The van der Waals surface area contributed by atoms with E-state index in [1.165, 1.54) is 14.2 Å². The number of rotatable bonds is 6. The van der Waals surface area contributed by atoms with Gasteiger partial charge in [0.25, 0.3) is 0 Å². The minimum Gasteiger partial charge on any atom is -0.493 e. The van der Waals surface area contributed by atoms with Crippen LogP contribution >= 0.6 is 0 Å². The summed E-state index contributed by atoms with van der Waals surface area (Å²) in [7, 11) is 2.84. The van der Waals surface area contributed by atoms with Crippen molar-refractivity contribution in [3.05, 3.63) is 29.1 Å². The van der Waals surface area contributed by atoms with Crippen molar-refractivity contribution < 1.29 is 23.8 Å². The highest BCUT2D eigenvalue weighted by molar-refractivity contribution is 5.67. The zero-order chi connectivity index (χ0) is 12.8. The van der Waals surface area contributed by atoms with Crippen LogP contribution in [0.5, 0.6) is 5.75 Å². The molecule has 0 fully saturated rings. The largest absolute Gasteiger partial charge is 0.493 e. The Bertz CT molecular complexity index is 404. The molecule has 1 aromatic carbocycles. The molecule has 0 aliphatic rings. The van der Waals surface area contributed by atoms with E-state index in [0.29, 0.717) is 11.1 Å². The second-order valence-electron chi connectivity index (χ2n) is 3.56. The van der Waals surface area contributed by atoms with Crippen LogP contribution in [0, 0.1) is 5.82 Å². The third-order valence-corrected chi connectivity index (χ3v) is 2.37. The summed E-state index contributed by atoms with van der Waals surface area (Å²) in [6.07, 6.45) is 0.183. The summed E-state index contributed by atoms with van der Waals surface area (Å²) in [5.74, 6) is -1.31. The lowest BCUT2D eigenvalue weighted by Gasteiger charge is -2.11. The van der Waals surface area contributed by atoms with Gasteiger partial charge in [-0.1, -0.05) is 12.1 Å². The van der Waals surface area contributed by atoms with Crippen LogP contribution in [-0.4, -0.2) is 25.3 Å². The Balaban J connectivity index is 2.98. The van der Waals surface area contributed by atoms with Crippen LogP contribution in [0.2, 0.25) is 0 Å². The summed E-state index contributed by atoms with van der Waals surface area (Å²) in [5.41, 5.74) is 0.940. The second kappa shape index (κ2) is 6.20. The third-order valence-electron chi connectivity index (χ3n) is 2.37. The van der Waals surface area contributed by atoms with Crippen LogP contribution in [0.4, 0.5) is 4.39 Å². The number of hydrogen-bond acceptors (Lipinski definition) is 3. The van der Waals surface area contributed by atoms with Crippen LogP contribution in [0.1, 0.15) is 17.5 Å². The molecule has 5 heteroatoms. The summed E-state index contributed by atoms with van der Waals surface area (Å²) in [6, 6.07) is 3.25. The van der Waals surface area contributed by atoms with Gasteiger partial charge in [0.1, 0.15) is 0 Å². The summed E-state index contributed by atoms with van der Waals surface area (Å²) < 4.78 is 23.7. The van der Waals surface area contributed by atoms with E-state index in [9.17, 15) is 9.18 Å². The van der Waals surface area contributed by atoms with Gasteiger partial charge in [-0.15, -0.1) is 0 Å². The smallest absolute Gasteiger partial charge is 0.303 e. The molecule has 0 bridgehead atoms. The molecule has 0 saturated carbocycles. The van der Waals surface area contributed by atoms with Crippen LogP contribution in [0.25, 0.3) is 0 Å². The lowest BCUT2D eigenvalue weighted by molar-refractivity contribution is -0.136. The number of methoxy groups -OCH3 is 2. The SMILES string of the molecule is COCc1ccc(CCC(=O)O)c(OC)c1F. The maximum atomic E-state index is 13.9. The van der Waals surface area contributed by atoms with Crippen molar-refractivity contribution in [1.82, 2.24) is 0 Å². The number of benzene rings is 1. The van der Waals surface area contributed by atoms with E-state index in [1.54, 1.807) is 12.1 Å². The average Bonchev–Trinajstić information content (AvgIpc) is 2.29. The van der Waals surface area contributed by atoms with Gasteiger partial charge in [-0.25, -0.2) is 4.39 Å². The van der Waals surface area contributed by atoms with Crippen LogP contribution in [0.3, 0.4) is 0 Å². The predicted molar refractivity (Wildman–Crippen MR) is 59.6 cm³/mol. The maximum absolute atomic E-state index is 13.9. The monoisotopic (exact) mass is 242 g/mol. The van der Waals surface area contributed by atoms with E-state index in [0.717, 1.165) is 0 Å². The molecule has 0 amide bonds. The molecule has 0 unspecified atom stereocenters. The minimum atomic E-state index is -0.923. The van der Waals surface area contributed by atoms with Crippen molar-refractivity contribution in [3.63, 3.8) is 0 Å². The van der Waals surface area contributed by atoms with Gasteiger partial charge in [-0.2, -0.15) is 0 Å². The topological polar surface area (TPSA) is 55.8 Å².